The zero-order valence-electron chi connectivity index (χ0n) is 15.0. The molecule has 2 aliphatic rings. The molecule has 0 spiro atoms. The van der Waals surface area contributed by atoms with Crippen LogP contribution in [-0.4, -0.2) is 18.6 Å². The normalized spacial score (nSPS) is 21.4. The summed E-state index contributed by atoms with van der Waals surface area (Å²) in [4.78, 5) is 12.6. The number of carbonyl (C=O) groups excluding carboxylic acids is 1. The van der Waals surface area contributed by atoms with Crippen LogP contribution in [0.5, 0.6) is 5.75 Å². The molecule has 2 atom stereocenters. The molecule has 1 heterocycles. The Morgan fingerprint density at radius 1 is 1.12 bits per heavy atom. The summed E-state index contributed by atoms with van der Waals surface area (Å²) in [6.45, 7) is 2.63. The minimum Gasteiger partial charge on any atom is -0.494 e. The summed E-state index contributed by atoms with van der Waals surface area (Å²) in [6, 6.07) is 14.2. The van der Waals surface area contributed by atoms with E-state index in [0.29, 0.717) is 13.0 Å². The zero-order valence-corrected chi connectivity index (χ0v) is 15.0. The first kappa shape index (κ1) is 17.1. The van der Waals surface area contributed by atoms with E-state index < -0.39 is 0 Å². The quantitative estimate of drug-likeness (QED) is 0.775. The maximum Gasteiger partial charge on any atom is 0.242 e. The molecule has 0 aromatic heterocycles. The van der Waals surface area contributed by atoms with Crippen LogP contribution < -0.4 is 20.9 Å². The molecule has 2 aromatic carbocycles. The maximum absolute atomic E-state index is 12.6. The Hall–Kier alpha value is -2.37. The number of rotatable bonds is 5. The van der Waals surface area contributed by atoms with Gasteiger partial charge in [-0.15, -0.1) is 0 Å². The highest BCUT2D eigenvalue weighted by Gasteiger charge is 2.30. The van der Waals surface area contributed by atoms with E-state index >= 15 is 0 Å². The average molecular weight is 351 g/mol. The molecular weight excluding hydrogens is 326 g/mol. The van der Waals surface area contributed by atoms with E-state index in [1.165, 1.54) is 17.5 Å². The molecule has 1 amide bonds. The van der Waals surface area contributed by atoms with Gasteiger partial charge in [-0.2, -0.15) is 0 Å². The molecule has 1 aliphatic heterocycles. The first-order chi connectivity index (χ1) is 12.7. The van der Waals surface area contributed by atoms with Gasteiger partial charge < -0.3 is 10.1 Å². The van der Waals surface area contributed by atoms with Crippen molar-refractivity contribution in [2.75, 3.05) is 11.9 Å². The Balaban J connectivity index is 1.36. The standard InChI is InChI=1S/C21H25N3O2/c1-2-26-18-10-7-15(8-11-18)19-13-20(24-23-19)21(25)22-17-9-6-14-4-3-5-16(14)12-17/h6-12,19-20,23-24H,2-5,13H2,1H3,(H,22,25). The van der Waals surface area contributed by atoms with Gasteiger partial charge in [0.15, 0.2) is 0 Å². The molecule has 2 aromatic rings. The number of aryl methyl sites for hydroxylation is 2. The van der Waals surface area contributed by atoms with Crippen LogP contribution in [0.15, 0.2) is 42.5 Å². The van der Waals surface area contributed by atoms with Crippen molar-refractivity contribution >= 4 is 11.6 Å². The summed E-state index contributed by atoms with van der Waals surface area (Å²) >= 11 is 0. The van der Waals surface area contributed by atoms with E-state index in [4.69, 9.17) is 4.74 Å². The molecule has 0 radical (unpaired) electrons. The number of nitrogens with one attached hydrogen (secondary N) is 3. The SMILES string of the molecule is CCOc1ccc(C2CC(C(=O)Nc3ccc4c(c3)CCC4)NN2)cc1. The minimum absolute atomic E-state index is 0.00360. The van der Waals surface area contributed by atoms with Crippen LogP contribution in [0, 0.1) is 0 Å². The molecule has 4 rings (SSSR count). The van der Waals surface area contributed by atoms with Gasteiger partial charge in [0, 0.05) is 11.7 Å². The third kappa shape index (κ3) is 3.59. The Morgan fingerprint density at radius 2 is 1.92 bits per heavy atom. The van der Waals surface area contributed by atoms with E-state index in [-0.39, 0.29) is 18.0 Å². The van der Waals surface area contributed by atoms with Crippen molar-refractivity contribution in [1.29, 1.82) is 0 Å². The fourth-order valence-electron chi connectivity index (χ4n) is 3.79. The lowest BCUT2D eigenvalue weighted by Crippen LogP contribution is -2.39. The third-order valence-corrected chi connectivity index (χ3v) is 5.18. The van der Waals surface area contributed by atoms with Crippen molar-refractivity contribution < 1.29 is 9.53 Å². The molecule has 1 saturated heterocycles. The molecular formula is C21H25N3O2. The predicted octanol–water partition coefficient (Wildman–Crippen LogP) is 3.12. The minimum atomic E-state index is -0.250. The van der Waals surface area contributed by atoms with Crippen LogP contribution in [0.1, 0.15) is 42.5 Å². The van der Waals surface area contributed by atoms with Crippen molar-refractivity contribution in [1.82, 2.24) is 10.9 Å². The molecule has 0 saturated carbocycles. The monoisotopic (exact) mass is 351 g/mol. The van der Waals surface area contributed by atoms with E-state index in [1.807, 2.05) is 37.3 Å². The number of amides is 1. The Bertz CT molecular complexity index is 788. The van der Waals surface area contributed by atoms with Gasteiger partial charge in [0.1, 0.15) is 11.8 Å². The molecule has 5 nitrogen and oxygen atoms in total. The van der Waals surface area contributed by atoms with Crippen molar-refractivity contribution in [2.24, 2.45) is 0 Å². The summed E-state index contributed by atoms with van der Waals surface area (Å²) < 4.78 is 5.48. The second-order valence-corrected chi connectivity index (χ2v) is 6.96. The second-order valence-electron chi connectivity index (χ2n) is 6.96. The molecule has 1 aliphatic carbocycles. The molecule has 1 fully saturated rings. The number of benzene rings is 2. The second kappa shape index (κ2) is 7.48. The topological polar surface area (TPSA) is 62.4 Å². The summed E-state index contributed by atoms with van der Waals surface area (Å²) in [6.07, 6.45) is 4.19. The first-order valence-corrected chi connectivity index (χ1v) is 9.39. The molecule has 2 unspecified atom stereocenters. The Kier molecular flexibility index (Phi) is 4.91. The number of hydrazine groups is 1. The van der Waals surface area contributed by atoms with Gasteiger partial charge in [0.25, 0.3) is 0 Å². The van der Waals surface area contributed by atoms with Crippen LogP contribution in [0.4, 0.5) is 5.69 Å². The molecule has 136 valence electrons. The number of ether oxygens (including phenoxy) is 1. The van der Waals surface area contributed by atoms with E-state index in [1.54, 1.807) is 0 Å². The molecule has 3 N–H and O–H groups in total. The largest absolute Gasteiger partial charge is 0.494 e. The molecule has 5 heteroatoms. The smallest absolute Gasteiger partial charge is 0.242 e. The predicted molar refractivity (Wildman–Crippen MR) is 102 cm³/mol. The van der Waals surface area contributed by atoms with Gasteiger partial charge in [0.2, 0.25) is 5.91 Å². The Morgan fingerprint density at radius 3 is 2.73 bits per heavy atom. The van der Waals surface area contributed by atoms with Crippen LogP contribution in [0.3, 0.4) is 0 Å². The summed E-state index contributed by atoms with van der Waals surface area (Å²) in [5.74, 6) is 0.872. The summed E-state index contributed by atoms with van der Waals surface area (Å²) in [7, 11) is 0. The number of hydrogen-bond donors (Lipinski definition) is 3. The van der Waals surface area contributed by atoms with E-state index in [2.05, 4.69) is 28.3 Å². The van der Waals surface area contributed by atoms with Crippen molar-refractivity contribution in [3.8, 4) is 5.75 Å². The fraction of sp³-hybridized carbons (Fsp3) is 0.381. The summed E-state index contributed by atoms with van der Waals surface area (Å²) in [5, 5.41) is 3.05. The maximum atomic E-state index is 12.6. The molecule has 0 bridgehead atoms. The van der Waals surface area contributed by atoms with Gasteiger partial charge in [0.05, 0.1) is 6.61 Å². The van der Waals surface area contributed by atoms with Gasteiger partial charge in [-0.3, -0.25) is 4.79 Å². The van der Waals surface area contributed by atoms with E-state index in [0.717, 1.165) is 29.8 Å². The Labute approximate surface area is 154 Å². The zero-order chi connectivity index (χ0) is 17.9. The average Bonchev–Trinajstić information content (AvgIpc) is 3.32. The van der Waals surface area contributed by atoms with Crippen LogP contribution in [0.2, 0.25) is 0 Å². The van der Waals surface area contributed by atoms with Crippen molar-refractivity contribution in [2.45, 2.75) is 44.7 Å². The molecule has 26 heavy (non-hydrogen) atoms. The van der Waals surface area contributed by atoms with Gasteiger partial charge in [-0.05, 0) is 73.6 Å². The number of fused-ring (bicyclic) bond motifs is 1. The fourth-order valence-corrected chi connectivity index (χ4v) is 3.79. The van der Waals surface area contributed by atoms with Gasteiger partial charge in [-0.25, -0.2) is 10.9 Å². The summed E-state index contributed by atoms with van der Waals surface area (Å²) in [5.41, 5.74) is 11.2. The first-order valence-electron chi connectivity index (χ1n) is 9.39. The van der Waals surface area contributed by atoms with Gasteiger partial charge in [-0.1, -0.05) is 18.2 Å². The number of hydrogen-bond acceptors (Lipinski definition) is 4. The third-order valence-electron chi connectivity index (χ3n) is 5.18. The highest BCUT2D eigenvalue weighted by Crippen LogP contribution is 2.27. The van der Waals surface area contributed by atoms with Crippen LogP contribution in [-0.2, 0) is 17.6 Å². The van der Waals surface area contributed by atoms with Crippen molar-refractivity contribution in [3.63, 3.8) is 0 Å². The highest BCUT2D eigenvalue weighted by molar-refractivity contribution is 5.95. The van der Waals surface area contributed by atoms with E-state index in [9.17, 15) is 4.79 Å². The van der Waals surface area contributed by atoms with Crippen LogP contribution >= 0.6 is 0 Å². The lowest BCUT2D eigenvalue weighted by Gasteiger charge is -2.12. The number of carbonyl (C=O) groups is 1. The highest BCUT2D eigenvalue weighted by atomic mass is 16.5. The van der Waals surface area contributed by atoms with Gasteiger partial charge >= 0.3 is 0 Å². The van der Waals surface area contributed by atoms with Crippen molar-refractivity contribution in [3.05, 3.63) is 59.2 Å². The lowest BCUT2D eigenvalue weighted by atomic mass is 10.0. The van der Waals surface area contributed by atoms with Crippen LogP contribution in [0.25, 0.3) is 0 Å². The lowest BCUT2D eigenvalue weighted by molar-refractivity contribution is -0.117. The number of anilines is 1.